The summed E-state index contributed by atoms with van der Waals surface area (Å²) in [7, 11) is 1.66. The number of ether oxygens (including phenoxy) is 1. The van der Waals surface area contributed by atoms with Crippen molar-refractivity contribution in [1.29, 1.82) is 0 Å². The van der Waals surface area contributed by atoms with Gasteiger partial charge in [-0.05, 0) is 19.8 Å². The zero-order valence-electron chi connectivity index (χ0n) is 10.5. The van der Waals surface area contributed by atoms with Crippen molar-refractivity contribution in [3.05, 3.63) is 0 Å². The third-order valence-electron chi connectivity index (χ3n) is 2.23. The summed E-state index contributed by atoms with van der Waals surface area (Å²) in [6, 6.07) is 0.0418. The van der Waals surface area contributed by atoms with E-state index in [-0.39, 0.29) is 23.9 Å². The fourth-order valence-electron chi connectivity index (χ4n) is 1.38. The first-order chi connectivity index (χ1) is 7.02. The molecule has 0 aromatic rings. The van der Waals surface area contributed by atoms with Crippen LogP contribution in [0, 0.1) is 5.92 Å². The second-order valence-electron chi connectivity index (χ2n) is 4.06. The molecular weight excluding hydrogens is 192 g/mol. The Morgan fingerprint density at radius 1 is 1.33 bits per heavy atom. The van der Waals surface area contributed by atoms with Gasteiger partial charge < -0.3 is 15.4 Å². The molecule has 0 saturated heterocycles. The fourth-order valence-corrected chi connectivity index (χ4v) is 1.38. The number of carbonyl (C=O) groups excluding carboxylic acids is 1. The average Bonchev–Trinajstić information content (AvgIpc) is 2.21. The Balaban J connectivity index is 4.10. The molecule has 0 fully saturated rings. The van der Waals surface area contributed by atoms with Gasteiger partial charge in [-0.3, -0.25) is 4.79 Å². The minimum Gasteiger partial charge on any atom is -0.380 e. The van der Waals surface area contributed by atoms with E-state index < -0.39 is 0 Å². The van der Waals surface area contributed by atoms with Gasteiger partial charge >= 0.3 is 0 Å². The third kappa shape index (κ3) is 5.74. The van der Waals surface area contributed by atoms with E-state index in [1.807, 2.05) is 27.7 Å². The van der Waals surface area contributed by atoms with Gasteiger partial charge in [0, 0.05) is 19.7 Å². The van der Waals surface area contributed by atoms with Crippen molar-refractivity contribution in [2.45, 2.75) is 39.8 Å². The lowest BCUT2D eigenvalue weighted by atomic mass is 10.0. The number of hydrogen-bond acceptors (Lipinski definition) is 3. The lowest BCUT2D eigenvalue weighted by Gasteiger charge is -2.24. The van der Waals surface area contributed by atoms with Gasteiger partial charge in [-0.15, -0.1) is 0 Å². The first-order valence-corrected chi connectivity index (χ1v) is 5.58. The highest BCUT2D eigenvalue weighted by Crippen LogP contribution is 2.03. The molecule has 0 saturated carbocycles. The molecule has 0 rings (SSSR count). The van der Waals surface area contributed by atoms with Crippen LogP contribution in [0.3, 0.4) is 0 Å². The summed E-state index contributed by atoms with van der Waals surface area (Å²) >= 11 is 0. The molecule has 0 aliphatic rings. The van der Waals surface area contributed by atoms with Gasteiger partial charge in [0.25, 0.3) is 0 Å². The van der Waals surface area contributed by atoms with Crippen molar-refractivity contribution in [2.24, 2.45) is 5.92 Å². The summed E-state index contributed by atoms with van der Waals surface area (Å²) < 4.78 is 5.30. The van der Waals surface area contributed by atoms with Crippen LogP contribution in [0.4, 0.5) is 0 Å². The number of nitrogens with one attached hydrogen (secondary N) is 2. The second-order valence-corrected chi connectivity index (χ2v) is 4.06. The predicted octanol–water partition coefficient (Wildman–Crippen LogP) is 0.772. The first-order valence-electron chi connectivity index (χ1n) is 5.58. The van der Waals surface area contributed by atoms with Crippen LogP contribution in [0.5, 0.6) is 0 Å². The van der Waals surface area contributed by atoms with Crippen LogP contribution < -0.4 is 10.6 Å². The summed E-state index contributed by atoms with van der Waals surface area (Å²) in [4.78, 5) is 11.5. The van der Waals surface area contributed by atoms with Crippen molar-refractivity contribution >= 4 is 5.91 Å². The molecule has 2 unspecified atom stereocenters. The molecule has 0 radical (unpaired) electrons. The van der Waals surface area contributed by atoms with E-state index in [4.69, 9.17) is 4.74 Å². The Morgan fingerprint density at radius 2 is 1.93 bits per heavy atom. The molecule has 0 aromatic heterocycles. The van der Waals surface area contributed by atoms with E-state index >= 15 is 0 Å². The van der Waals surface area contributed by atoms with Gasteiger partial charge in [0.1, 0.15) is 0 Å². The van der Waals surface area contributed by atoms with Crippen molar-refractivity contribution in [1.82, 2.24) is 10.6 Å². The van der Waals surface area contributed by atoms with Crippen molar-refractivity contribution in [3.8, 4) is 0 Å². The number of amides is 1. The van der Waals surface area contributed by atoms with Crippen molar-refractivity contribution < 1.29 is 9.53 Å². The standard InChI is InChI=1S/C11H24N2O2/c1-6-15-7-9(4)13-10(8(2)3)11(14)12-5/h8-10,13H,6-7H2,1-5H3,(H,12,14). The molecule has 0 spiro atoms. The zero-order valence-corrected chi connectivity index (χ0v) is 10.5. The number of likely N-dealkylation sites (N-methyl/N-ethyl adjacent to an activating group) is 1. The minimum absolute atomic E-state index is 0.0355. The van der Waals surface area contributed by atoms with Gasteiger partial charge in [0.2, 0.25) is 5.91 Å². The molecule has 15 heavy (non-hydrogen) atoms. The smallest absolute Gasteiger partial charge is 0.237 e. The molecule has 0 bridgehead atoms. The monoisotopic (exact) mass is 216 g/mol. The highest BCUT2D eigenvalue weighted by Gasteiger charge is 2.22. The Labute approximate surface area is 92.8 Å². The van der Waals surface area contributed by atoms with Crippen LogP contribution in [-0.4, -0.2) is 38.3 Å². The zero-order chi connectivity index (χ0) is 11.8. The molecule has 0 heterocycles. The fraction of sp³-hybridized carbons (Fsp3) is 0.909. The van der Waals surface area contributed by atoms with Crippen LogP contribution in [0.25, 0.3) is 0 Å². The van der Waals surface area contributed by atoms with Gasteiger partial charge in [-0.1, -0.05) is 13.8 Å². The molecule has 4 heteroatoms. The Hall–Kier alpha value is -0.610. The van der Waals surface area contributed by atoms with E-state index in [0.717, 1.165) is 0 Å². The lowest BCUT2D eigenvalue weighted by Crippen LogP contribution is -2.50. The van der Waals surface area contributed by atoms with Gasteiger partial charge in [0.05, 0.1) is 12.6 Å². The molecule has 0 aromatic carbocycles. The van der Waals surface area contributed by atoms with E-state index in [1.165, 1.54) is 0 Å². The Kier molecular flexibility index (Phi) is 7.34. The average molecular weight is 216 g/mol. The van der Waals surface area contributed by atoms with Gasteiger partial charge in [-0.25, -0.2) is 0 Å². The summed E-state index contributed by atoms with van der Waals surface area (Å²) in [5, 5.41) is 5.93. The maximum atomic E-state index is 11.5. The van der Waals surface area contributed by atoms with E-state index in [0.29, 0.717) is 13.2 Å². The Morgan fingerprint density at radius 3 is 2.33 bits per heavy atom. The molecule has 90 valence electrons. The Bertz CT molecular complexity index is 183. The quantitative estimate of drug-likeness (QED) is 0.661. The SMILES string of the molecule is CCOCC(C)NC(C(=O)NC)C(C)C. The number of carbonyl (C=O) groups is 1. The van der Waals surface area contributed by atoms with Crippen LogP contribution >= 0.6 is 0 Å². The molecule has 4 nitrogen and oxygen atoms in total. The van der Waals surface area contributed by atoms with Crippen LogP contribution in [0.15, 0.2) is 0 Å². The summed E-state index contributed by atoms with van der Waals surface area (Å²) in [6.45, 7) is 9.38. The van der Waals surface area contributed by atoms with E-state index in [9.17, 15) is 4.79 Å². The first kappa shape index (κ1) is 14.4. The number of rotatable bonds is 7. The highest BCUT2D eigenvalue weighted by atomic mass is 16.5. The molecular formula is C11H24N2O2. The highest BCUT2D eigenvalue weighted by molar-refractivity contribution is 5.81. The molecule has 1 amide bonds. The summed E-state index contributed by atoms with van der Waals surface area (Å²) in [5.74, 6) is 0.308. The van der Waals surface area contributed by atoms with Crippen LogP contribution in [0.1, 0.15) is 27.7 Å². The largest absolute Gasteiger partial charge is 0.380 e. The third-order valence-corrected chi connectivity index (χ3v) is 2.23. The maximum absolute atomic E-state index is 11.5. The topological polar surface area (TPSA) is 50.4 Å². The van der Waals surface area contributed by atoms with Gasteiger partial charge in [0.15, 0.2) is 0 Å². The normalized spacial score (nSPS) is 15.1. The lowest BCUT2D eigenvalue weighted by molar-refractivity contribution is -0.124. The minimum atomic E-state index is -0.148. The number of hydrogen-bond donors (Lipinski definition) is 2. The van der Waals surface area contributed by atoms with Gasteiger partial charge in [-0.2, -0.15) is 0 Å². The summed E-state index contributed by atoms with van der Waals surface area (Å²) in [6.07, 6.45) is 0. The van der Waals surface area contributed by atoms with E-state index in [2.05, 4.69) is 10.6 Å². The molecule has 2 atom stereocenters. The van der Waals surface area contributed by atoms with Crippen molar-refractivity contribution in [3.63, 3.8) is 0 Å². The summed E-state index contributed by atoms with van der Waals surface area (Å²) in [5.41, 5.74) is 0. The molecule has 0 aliphatic carbocycles. The van der Waals surface area contributed by atoms with Crippen LogP contribution in [-0.2, 0) is 9.53 Å². The maximum Gasteiger partial charge on any atom is 0.237 e. The molecule has 2 N–H and O–H groups in total. The van der Waals surface area contributed by atoms with Crippen molar-refractivity contribution in [2.75, 3.05) is 20.3 Å². The second kappa shape index (κ2) is 7.65. The van der Waals surface area contributed by atoms with Crippen LogP contribution in [0.2, 0.25) is 0 Å². The molecule has 0 aliphatic heterocycles. The van der Waals surface area contributed by atoms with E-state index in [1.54, 1.807) is 7.05 Å². The predicted molar refractivity (Wildman–Crippen MR) is 61.8 cm³/mol.